The van der Waals surface area contributed by atoms with Gasteiger partial charge in [-0.1, -0.05) is 11.6 Å². The van der Waals surface area contributed by atoms with Gasteiger partial charge in [-0.2, -0.15) is 0 Å². The number of nitrogens with zero attached hydrogens (tertiary/aromatic N) is 1. The SMILES string of the molecule is Cl.NC1CCN(C(=O)c2ccsc2NC(=O)c2ccc(Cl)cc2O)CC1. The molecule has 0 spiro atoms. The molecule has 9 heteroatoms. The van der Waals surface area contributed by atoms with Crippen LogP contribution in [0, 0.1) is 0 Å². The average molecular weight is 416 g/mol. The molecule has 1 aromatic carbocycles. The van der Waals surface area contributed by atoms with Crippen molar-refractivity contribution < 1.29 is 14.7 Å². The van der Waals surface area contributed by atoms with Crippen LogP contribution >= 0.6 is 35.3 Å². The van der Waals surface area contributed by atoms with Gasteiger partial charge in [-0.25, -0.2) is 0 Å². The number of benzene rings is 1. The lowest BCUT2D eigenvalue weighted by molar-refractivity contribution is 0.0716. The number of halogens is 2. The number of hydrogen-bond acceptors (Lipinski definition) is 5. The van der Waals surface area contributed by atoms with Crippen LogP contribution in [0.25, 0.3) is 0 Å². The van der Waals surface area contributed by atoms with Gasteiger partial charge in [0.25, 0.3) is 11.8 Å². The number of piperidine rings is 1. The van der Waals surface area contributed by atoms with Crippen LogP contribution in [0.15, 0.2) is 29.6 Å². The van der Waals surface area contributed by atoms with Gasteiger partial charge in [0.1, 0.15) is 10.8 Å². The van der Waals surface area contributed by atoms with Crippen molar-refractivity contribution in [3.8, 4) is 5.75 Å². The fourth-order valence-corrected chi connectivity index (χ4v) is 3.66. The van der Waals surface area contributed by atoms with Crippen LogP contribution in [-0.2, 0) is 0 Å². The van der Waals surface area contributed by atoms with Crippen LogP contribution < -0.4 is 11.1 Å². The first kappa shape index (κ1) is 20.5. The van der Waals surface area contributed by atoms with Crippen LogP contribution in [0.3, 0.4) is 0 Å². The summed E-state index contributed by atoms with van der Waals surface area (Å²) in [6.07, 6.45) is 1.55. The van der Waals surface area contributed by atoms with E-state index in [0.29, 0.717) is 28.7 Å². The van der Waals surface area contributed by atoms with Crippen molar-refractivity contribution in [1.82, 2.24) is 4.90 Å². The fourth-order valence-electron chi connectivity index (χ4n) is 2.71. The zero-order valence-electron chi connectivity index (χ0n) is 13.8. The molecule has 0 aliphatic carbocycles. The Bertz CT molecular complexity index is 804. The van der Waals surface area contributed by atoms with Gasteiger partial charge in [-0.15, -0.1) is 23.7 Å². The summed E-state index contributed by atoms with van der Waals surface area (Å²) in [4.78, 5) is 26.8. The quantitative estimate of drug-likeness (QED) is 0.715. The molecule has 0 saturated carbocycles. The molecule has 3 rings (SSSR count). The Kier molecular flexibility index (Phi) is 6.88. The van der Waals surface area contributed by atoms with Gasteiger partial charge in [-0.3, -0.25) is 9.59 Å². The number of hydrogen-bond donors (Lipinski definition) is 3. The molecule has 0 atom stereocenters. The van der Waals surface area contributed by atoms with Gasteiger partial charge in [0.2, 0.25) is 0 Å². The maximum Gasteiger partial charge on any atom is 0.260 e. The molecule has 2 heterocycles. The lowest BCUT2D eigenvalue weighted by Crippen LogP contribution is -2.42. The summed E-state index contributed by atoms with van der Waals surface area (Å²) in [5.41, 5.74) is 6.42. The number of carbonyl (C=O) groups excluding carboxylic acids is 2. The second-order valence-corrected chi connectivity index (χ2v) is 7.26. The number of anilines is 1. The third kappa shape index (κ3) is 4.48. The Morgan fingerprint density at radius 2 is 1.92 bits per heavy atom. The zero-order valence-corrected chi connectivity index (χ0v) is 16.2. The van der Waals surface area contributed by atoms with Crippen molar-refractivity contribution in [2.24, 2.45) is 5.73 Å². The Hall–Kier alpha value is -1.80. The van der Waals surface area contributed by atoms with Crippen molar-refractivity contribution in [3.05, 3.63) is 45.8 Å². The molecule has 26 heavy (non-hydrogen) atoms. The summed E-state index contributed by atoms with van der Waals surface area (Å²) in [6.45, 7) is 1.22. The number of phenolic OH excluding ortho intramolecular Hbond substituents is 1. The minimum atomic E-state index is -0.494. The third-order valence-corrected chi connectivity index (χ3v) is 5.22. The van der Waals surface area contributed by atoms with Gasteiger partial charge in [-0.05, 0) is 42.5 Å². The summed E-state index contributed by atoms with van der Waals surface area (Å²) in [5.74, 6) is -0.824. The molecule has 4 N–H and O–H groups in total. The number of nitrogens with one attached hydrogen (secondary N) is 1. The smallest absolute Gasteiger partial charge is 0.260 e. The number of phenols is 1. The molecular weight excluding hydrogens is 397 g/mol. The topological polar surface area (TPSA) is 95.7 Å². The molecule has 2 aromatic rings. The van der Waals surface area contributed by atoms with E-state index in [-0.39, 0.29) is 35.7 Å². The van der Waals surface area contributed by atoms with Crippen LogP contribution in [0.5, 0.6) is 5.75 Å². The number of likely N-dealkylation sites (tertiary alicyclic amines) is 1. The van der Waals surface area contributed by atoms with E-state index in [4.69, 9.17) is 17.3 Å². The van der Waals surface area contributed by atoms with Gasteiger partial charge >= 0.3 is 0 Å². The molecular formula is C17H19Cl2N3O3S. The van der Waals surface area contributed by atoms with E-state index in [1.807, 2.05) is 0 Å². The van der Waals surface area contributed by atoms with E-state index in [2.05, 4.69) is 5.32 Å². The molecule has 0 bridgehead atoms. The minimum absolute atomic E-state index is 0. The molecule has 140 valence electrons. The molecule has 1 aromatic heterocycles. The lowest BCUT2D eigenvalue weighted by Gasteiger charge is -2.30. The number of aromatic hydroxyl groups is 1. The molecule has 2 amide bonds. The number of thiophene rings is 1. The minimum Gasteiger partial charge on any atom is -0.507 e. The Morgan fingerprint density at radius 1 is 1.23 bits per heavy atom. The first-order valence-corrected chi connectivity index (χ1v) is 9.13. The van der Waals surface area contributed by atoms with E-state index >= 15 is 0 Å². The van der Waals surface area contributed by atoms with E-state index in [9.17, 15) is 14.7 Å². The van der Waals surface area contributed by atoms with E-state index in [0.717, 1.165) is 12.8 Å². The largest absolute Gasteiger partial charge is 0.507 e. The zero-order chi connectivity index (χ0) is 18.0. The fraction of sp³-hybridized carbons (Fsp3) is 0.294. The second kappa shape index (κ2) is 8.73. The normalized spacial score (nSPS) is 14.6. The number of carbonyl (C=O) groups is 2. The van der Waals surface area contributed by atoms with Gasteiger partial charge in [0.15, 0.2) is 0 Å². The molecule has 1 aliphatic rings. The van der Waals surface area contributed by atoms with Crippen LogP contribution in [-0.4, -0.2) is 41.0 Å². The van der Waals surface area contributed by atoms with Crippen molar-refractivity contribution in [2.45, 2.75) is 18.9 Å². The van der Waals surface area contributed by atoms with Crippen molar-refractivity contribution in [1.29, 1.82) is 0 Å². The standard InChI is InChI=1S/C17H18ClN3O3S.ClH/c18-10-1-2-12(14(22)9-10)15(23)20-16-13(5-8-25-16)17(24)21-6-3-11(19)4-7-21;/h1-2,5,8-9,11,22H,3-4,6-7,19H2,(H,20,23);1H. The average Bonchev–Trinajstić information content (AvgIpc) is 3.02. The molecule has 1 aliphatic heterocycles. The second-order valence-electron chi connectivity index (χ2n) is 5.91. The first-order valence-electron chi connectivity index (χ1n) is 7.88. The van der Waals surface area contributed by atoms with Gasteiger partial charge in [0.05, 0.1) is 11.1 Å². The van der Waals surface area contributed by atoms with Crippen molar-refractivity contribution >= 4 is 52.2 Å². The Balaban J connectivity index is 0.00000243. The summed E-state index contributed by atoms with van der Waals surface area (Å²) < 4.78 is 0. The number of amides is 2. The molecule has 0 radical (unpaired) electrons. The molecule has 1 fully saturated rings. The predicted octanol–water partition coefficient (Wildman–Crippen LogP) is 3.34. The molecule has 1 saturated heterocycles. The molecule has 0 unspecified atom stereocenters. The summed E-state index contributed by atoms with van der Waals surface area (Å²) in [5, 5.41) is 15.1. The Morgan fingerprint density at radius 3 is 2.58 bits per heavy atom. The van der Waals surface area contributed by atoms with Crippen LogP contribution in [0.4, 0.5) is 5.00 Å². The number of rotatable bonds is 3. The predicted molar refractivity (Wildman–Crippen MR) is 106 cm³/mol. The van der Waals surface area contributed by atoms with E-state index in [1.165, 1.54) is 29.5 Å². The van der Waals surface area contributed by atoms with Gasteiger partial charge < -0.3 is 21.1 Å². The van der Waals surface area contributed by atoms with Crippen molar-refractivity contribution in [3.63, 3.8) is 0 Å². The highest BCUT2D eigenvalue weighted by Crippen LogP contribution is 2.28. The first-order chi connectivity index (χ1) is 12.0. The van der Waals surface area contributed by atoms with E-state index < -0.39 is 5.91 Å². The molecule has 6 nitrogen and oxygen atoms in total. The van der Waals surface area contributed by atoms with Crippen molar-refractivity contribution in [2.75, 3.05) is 18.4 Å². The summed E-state index contributed by atoms with van der Waals surface area (Å²) in [6, 6.07) is 6.09. The van der Waals surface area contributed by atoms with Gasteiger partial charge in [0, 0.05) is 24.2 Å². The highest BCUT2D eigenvalue weighted by atomic mass is 35.5. The highest BCUT2D eigenvalue weighted by molar-refractivity contribution is 7.14. The third-order valence-electron chi connectivity index (χ3n) is 4.15. The lowest BCUT2D eigenvalue weighted by atomic mass is 10.1. The monoisotopic (exact) mass is 415 g/mol. The maximum absolute atomic E-state index is 12.7. The summed E-state index contributed by atoms with van der Waals surface area (Å²) in [7, 11) is 0. The van der Waals surface area contributed by atoms with E-state index in [1.54, 1.807) is 16.3 Å². The Labute approximate surface area is 166 Å². The highest BCUT2D eigenvalue weighted by Gasteiger charge is 2.25. The van der Waals surface area contributed by atoms with Crippen LogP contribution in [0.2, 0.25) is 5.02 Å². The number of nitrogens with two attached hydrogens (primary N) is 1. The summed E-state index contributed by atoms with van der Waals surface area (Å²) >= 11 is 7.04. The maximum atomic E-state index is 12.7. The van der Waals surface area contributed by atoms with Crippen LogP contribution in [0.1, 0.15) is 33.6 Å².